The summed E-state index contributed by atoms with van der Waals surface area (Å²) in [6.45, 7) is 0. The average molecular weight is 309 g/mol. The van der Waals surface area contributed by atoms with Crippen molar-refractivity contribution in [3.8, 4) is 0 Å². The number of hydroxylamine groups is 1. The zero-order valence-electron chi connectivity index (χ0n) is 14.1. The van der Waals surface area contributed by atoms with Gasteiger partial charge in [-0.3, -0.25) is 4.84 Å². The Morgan fingerprint density at radius 2 is 1.23 bits per heavy atom. The van der Waals surface area contributed by atoms with Crippen molar-refractivity contribution in [3.05, 3.63) is 0 Å². The van der Waals surface area contributed by atoms with E-state index >= 15 is 0 Å². The third-order valence-corrected chi connectivity index (χ3v) is 5.92. The predicted octanol–water partition coefficient (Wildman–Crippen LogP) is 3.01. The number of rotatable bonds is 5. The molecule has 0 aromatic rings. The number of hydrogen-bond acceptors (Lipinski definition) is 4. The van der Waals surface area contributed by atoms with Crippen molar-refractivity contribution in [1.29, 1.82) is 0 Å². The lowest BCUT2D eigenvalue weighted by Gasteiger charge is -2.35. The molecule has 3 aliphatic rings. The van der Waals surface area contributed by atoms with Crippen molar-refractivity contribution < 1.29 is 4.84 Å². The van der Waals surface area contributed by atoms with Crippen LogP contribution in [-0.2, 0) is 4.84 Å². The van der Waals surface area contributed by atoms with Crippen LogP contribution in [0.25, 0.3) is 0 Å². The summed E-state index contributed by atoms with van der Waals surface area (Å²) in [6, 6.07) is 2.47. The zero-order chi connectivity index (χ0) is 15.2. The van der Waals surface area contributed by atoms with E-state index in [1.165, 1.54) is 83.5 Å². The Hall–Kier alpha value is -0.160. The molecule has 0 aliphatic heterocycles. The molecule has 3 aliphatic carbocycles. The SMILES string of the molecule is NC1CCC(NC2CCC(ONC3CCCCC3)CC2)CC1. The normalized spacial score (nSPS) is 38.0. The Labute approximate surface area is 135 Å². The van der Waals surface area contributed by atoms with E-state index in [0.717, 1.165) is 0 Å². The van der Waals surface area contributed by atoms with Gasteiger partial charge in [0.05, 0.1) is 6.10 Å². The Balaban J connectivity index is 1.29. The van der Waals surface area contributed by atoms with Crippen LogP contribution in [0.15, 0.2) is 0 Å². The van der Waals surface area contributed by atoms with Crippen LogP contribution in [0, 0.1) is 0 Å². The molecule has 0 radical (unpaired) electrons. The molecule has 0 bridgehead atoms. The van der Waals surface area contributed by atoms with Gasteiger partial charge in [0.15, 0.2) is 0 Å². The van der Waals surface area contributed by atoms with Gasteiger partial charge in [0.25, 0.3) is 0 Å². The molecule has 0 unspecified atom stereocenters. The van der Waals surface area contributed by atoms with E-state index in [1.807, 2.05) is 0 Å². The first kappa shape index (κ1) is 16.7. The van der Waals surface area contributed by atoms with Crippen molar-refractivity contribution in [1.82, 2.24) is 10.8 Å². The predicted molar refractivity (Wildman–Crippen MR) is 90.5 cm³/mol. The molecule has 0 aromatic heterocycles. The highest BCUT2D eigenvalue weighted by atomic mass is 16.7. The van der Waals surface area contributed by atoms with Crippen LogP contribution >= 0.6 is 0 Å². The Kier molecular flexibility index (Phi) is 6.54. The van der Waals surface area contributed by atoms with E-state index < -0.39 is 0 Å². The van der Waals surface area contributed by atoms with Crippen molar-refractivity contribution in [3.63, 3.8) is 0 Å². The molecule has 4 heteroatoms. The van der Waals surface area contributed by atoms with Gasteiger partial charge in [0.2, 0.25) is 0 Å². The quantitative estimate of drug-likeness (QED) is 0.683. The van der Waals surface area contributed by atoms with Crippen LogP contribution in [0.4, 0.5) is 0 Å². The summed E-state index contributed by atoms with van der Waals surface area (Å²) < 4.78 is 0. The van der Waals surface area contributed by atoms with Crippen LogP contribution in [0.2, 0.25) is 0 Å². The van der Waals surface area contributed by atoms with Crippen molar-refractivity contribution in [2.45, 2.75) is 114 Å². The van der Waals surface area contributed by atoms with Gasteiger partial charge in [-0.15, -0.1) is 0 Å². The molecule has 3 rings (SSSR count). The van der Waals surface area contributed by atoms with E-state index in [0.29, 0.717) is 30.3 Å². The molecular weight excluding hydrogens is 274 g/mol. The van der Waals surface area contributed by atoms with E-state index in [9.17, 15) is 0 Å². The molecule has 4 N–H and O–H groups in total. The average Bonchev–Trinajstić information content (AvgIpc) is 2.57. The lowest BCUT2D eigenvalue weighted by molar-refractivity contribution is -0.0672. The highest BCUT2D eigenvalue weighted by Gasteiger charge is 2.26. The van der Waals surface area contributed by atoms with Crippen LogP contribution in [0.5, 0.6) is 0 Å². The smallest absolute Gasteiger partial charge is 0.0791 e. The van der Waals surface area contributed by atoms with Crippen LogP contribution < -0.4 is 16.5 Å². The number of hydrogen-bond donors (Lipinski definition) is 3. The fourth-order valence-corrected chi connectivity index (χ4v) is 4.38. The zero-order valence-corrected chi connectivity index (χ0v) is 14.1. The number of nitrogens with two attached hydrogens (primary N) is 1. The molecule has 0 atom stereocenters. The van der Waals surface area contributed by atoms with E-state index in [4.69, 9.17) is 10.6 Å². The highest BCUT2D eigenvalue weighted by molar-refractivity contribution is 4.84. The summed E-state index contributed by atoms with van der Waals surface area (Å²) in [7, 11) is 0. The maximum atomic E-state index is 5.99. The Bertz CT molecular complexity index is 303. The van der Waals surface area contributed by atoms with Crippen LogP contribution in [0.3, 0.4) is 0 Å². The first-order valence-corrected chi connectivity index (χ1v) is 9.72. The van der Waals surface area contributed by atoms with Crippen LogP contribution in [0.1, 0.15) is 83.5 Å². The molecule has 0 amide bonds. The summed E-state index contributed by atoms with van der Waals surface area (Å²) in [6.07, 6.45) is 17.0. The third-order valence-electron chi connectivity index (χ3n) is 5.92. The largest absolute Gasteiger partial charge is 0.328 e. The minimum atomic E-state index is 0.430. The summed E-state index contributed by atoms with van der Waals surface area (Å²) in [5.41, 5.74) is 9.35. The van der Waals surface area contributed by atoms with Crippen molar-refractivity contribution in [2.75, 3.05) is 0 Å². The van der Waals surface area contributed by atoms with Crippen LogP contribution in [-0.4, -0.2) is 30.3 Å². The fourth-order valence-electron chi connectivity index (χ4n) is 4.38. The van der Waals surface area contributed by atoms with Gasteiger partial charge in [0.1, 0.15) is 0 Å². The minimum absolute atomic E-state index is 0.430. The maximum absolute atomic E-state index is 5.99. The van der Waals surface area contributed by atoms with Gasteiger partial charge in [-0.2, -0.15) is 5.48 Å². The molecule has 3 saturated carbocycles. The molecule has 0 saturated heterocycles. The lowest BCUT2D eigenvalue weighted by Crippen LogP contribution is -2.45. The van der Waals surface area contributed by atoms with Gasteiger partial charge in [0, 0.05) is 24.2 Å². The first-order chi connectivity index (χ1) is 10.8. The highest BCUT2D eigenvalue weighted by Crippen LogP contribution is 2.25. The topological polar surface area (TPSA) is 59.3 Å². The van der Waals surface area contributed by atoms with E-state index in [-0.39, 0.29) is 0 Å². The second-order valence-corrected chi connectivity index (χ2v) is 7.82. The molecule has 22 heavy (non-hydrogen) atoms. The molecule has 0 heterocycles. The van der Waals surface area contributed by atoms with Gasteiger partial charge >= 0.3 is 0 Å². The molecule has 0 spiro atoms. The standard InChI is InChI=1S/C18H35N3O/c19-14-6-8-15(9-7-14)20-16-10-12-18(13-11-16)22-21-17-4-2-1-3-5-17/h14-18,20-21H,1-13,19H2. The molecule has 3 fully saturated rings. The minimum Gasteiger partial charge on any atom is -0.328 e. The van der Waals surface area contributed by atoms with Gasteiger partial charge in [-0.05, 0) is 64.2 Å². The van der Waals surface area contributed by atoms with E-state index in [2.05, 4.69) is 10.8 Å². The van der Waals surface area contributed by atoms with Crippen molar-refractivity contribution >= 4 is 0 Å². The van der Waals surface area contributed by atoms with Gasteiger partial charge in [-0.25, -0.2) is 0 Å². The second kappa shape index (κ2) is 8.62. The molecule has 4 nitrogen and oxygen atoms in total. The summed E-state index contributed by atoms with van der Waals surface area (Å²) in [5, 5.41) is 3.87. The third kappa shape index (κ3) is 5.19. The Morgan fingerprint density at radius 3 is 1.86 bits per heavy atom. The van der Waals surface area contributed by atoms with Gasteiger partial charge < -0.3 is 11.1 Å². The van der Waals surface area contributed by atoms with Gasteiger partial charge in [-0.1, -0.05) is 19.3 Å². The second-order valence-electron chi connectivity index (χ2n) is 7.82. The summed E-state index contributed by atoms with van der Waals surface area (Å²) in [5.74, 6) is 0. The maximum Gasteiger partial charge on any atom is 0.0791 e. The lowest BCUT2D eigenvalue weighted by atomic mass is 9.88. The molecule has 128 valence electrons. The van der Waals surface area contributed by atoms with Crippen molar-refractivity contribution in [2.24, 2.45) is 5.73 Å². The Morgan fingerprint density at radius 1 is 0.636 bits per heavy atom. The van der Waals surface area contributed by atoms with E-state index in [1.54, 1.807) is 0 Å². The molecule has 0 aromatic carbocycles. The monoisotopic (exact) mass is 309 g/mol. The fraction of sp³-hybridized carbons (Fsp3) is 1.00. The summed E-state index contributed by atoms with van der Waals surface area (Å²) in [4.78, 5) is 5.98. The first-order valence-electron chi connectivity index (χ1n) is 9.72. The summed E-state index contributed by atoms with van der Waals surface area (Å²) >= 11 is 0. The number of nitrogens with one attached hydrogen (secondary N) is 2. The molecular formula is C18H35N3O.